The molecular weight excluding hydrogens is 471 g/mol. The molecule has 0 radical (unpaired) electrons. The van der Waals surface area contributed by atoms with Crippen LogP contribution in [0.15, 0.2) is 88.4 Å². The molecule has 8 heteroatoms. The smallest absolute Gasteiger partial charge is 0.270 e. The number of allylic oxidation sites excluding steroid dienone is 1. The Bertz CT molecular complexity index is 1260. The third-order valence-corrected chi connectivity index (χ3v) is 6.93. The normalized spacial score (nSPS) is 16.4. The molecule has 0 bridgehead atoms. The zero-order chi connectivity index (χ0) is 21.3. The van der Waals surface area contributed by atoms with E-state index in [1.165, 1.54) is 16.4 Å². The summed E-state index contributed by atoms with van der Waals surface area (Å²) in [5.74, 6) is -1.22. The van der Waals surface area contributed by atoms with Crippen LogP contribution in [0.4, 0.5) is 15.8 Å². The molecule has 0 spiro atoms. The third kappa shape index (κ3) is 3.76. The molecule has 1 aliphatic heterocycles. The van der Waals surface area contributed by atoms with Crippen LogP contribution in [0.5, 0.6) is 0 Å². The van der Waals surface area contributed by atoms with Gasteiger partial charge in [0.25, 0.3) is 10.0 Å². The van der Waals surface area contributed by atoms with E-state index >= 15 is 0 Å². The lowest BCUT2D eigenvalue weighted by Crippen LogP contribution is -2.39. The Hall–Kier alpha value is -2.97. The second kappa shape index (κ2) is 8.04. The molecular formula is C22H16BrFN2O3S. The summed E-state index contributed by atoms with van der Waals surface area (Å²) in [4.78, 5) is 12.5. The van der Waals surface area contributed by atoms with Gasteiger partial charge < -0.3 is 5.32 Å². The van der Waals surface area contributed by atoms with Gasteiger partial charge in [0.1, 0.15) is 5.82 Å². The summed E-state index contributed by atoms with van der Waals surface area (Å²) in [5.41, 5.74) is 1.42. The summed E-state index contributed by atoms with van der Waals surface area (Å²) < 4.78 is 42.6. The van der Waals surface area contributed by atoms with Gasteiger partial charge in [-0.3, -0.25) is 9.10 Å². The summed E-state index contributed by atoms with van der Waals surface area (Å²) >= 11 is 3.17. The molecule has 1 N–H and O–H groups in total. The minimum Gasteiger partial charge on any atom is -0.358 e. The van der Waals surface area contributed by atoms with Crippen LogP contribution >= 0.6 is 15.9 Å². The highest BCUT2D eigenvalue weighted by atomic mass is 79.9. The number of benzene rings is 3. The average molecular weight is 487 g/mol. The zero-order valence-corrected chi connectivity index (χ0v) is 18.0. The minimum absolute atomic E-state index is 0.0576. The molecule has 0 unspecified atom stereocenters. The molecule has 0 aliphatic carbocycles. The van der Waals surface area contributed by atoms with Gasteiger partial charge in [0.2, 0.25) is 5.78 Å². The predicted molar refractivity (Wildman–Crippen MR) is 118 cm³/mol. The number of halogens is 2. The Kier molecular flexibility index (Phi) is 5.44. The third-order valence-electron chi connectivity index (χ3n) is 4.67. The number of fused-ring (bicyclic) bond motifs is 1. The molecule has 152 valence electrons. The van der Waals surface area contributed by atoms with Crippen molar-refractivity contribution in [3.8, 4) is 0 Å². The molecule has 0 atom stereocenters. The van der Waals surface area contributed by atoms with Crippen LogP contribution < -0.4 is 9.62 Å². The van der Waals surface area contributed by atoms with Crippen molar-refractivity contribution in [1.29, 1.82) is 0 Å². The lowest BCUT2D eigenvalue weighted by Gasteiger charge is -2.31. The minimum atomic E-state index is -4.17. The Labute approximate surface area is 182 Å². The maximum absolute atomic E-state index is 14.1. The van der Waals surface area contributed by atoms with Gasteiger partial charge in [-0.15, -0.1) is 0 Å². The maximum Gasteiger partial charge on any atom is 0.270 e. The van der Waals surface area contributed by atoms with Crippen molar-refractivity contribution in [2.24, 2.45) is 0 Å². The first kappa shape index (κ1) is 20.3. The fourth-order valence-electron chi connectivity index (χ4n) is 3.19. The number of nitrogens with one attached hydrogen (secondary N) is 1. The highest BCUT2D eigenvalue weighted by molar-refractivity contribution is 9.10. The topological polar surface area (TPSA) is 66.5 Å². The van der Waals surface area contributed by atoms with Crippen molar-refractivity contribution < 1.29 is 17.6 Å². The molecule has 4 rings (SSSR count). The van der Waals surface area contributed by atoms with Crippen LogP contribution in [0.3, 0.4) is 0 Å². The van der Waals surface area contributed by atoms with E-state index in [-0.39, 0.29) is 17.8 Å². The van der Waals surface area contributed by atoms with Crippen LogP contribution in [0.25, 0.3) is 0 Å². The summed E-state index contributed by atoms with van der Waals surface area (Å²) in [6.45, 7) is 0.0669. The van der Waals surface area contributed by atoms with Crippen molar-refractivity contribution in [1.82, 2.24) is 0 Å². The van der Waals surface area contributed by atoms with E-state index in [1.54, 1.807) is 30.3 Å². The van der Waals surface area contributed by atoms with E-state index in [9.17, 15) is 17.6 Å². The zero-order valence-electron chi connectivity index (χ0n) is 15.5. The predicted octanol–water partition coefficient (Wildman–Crippen LogP) is 5.07. The van der Waals surface area contributed by atoms with E-state index in [0.29, 0.717) is 10.2 Å². The number of nitrogens with zero attached hydrogens (tertiary/aromatic N) is 1. The van der Waals surface area contributed by atoms with Crippen molar-refractivity contribution in [3.05, 3.63) is 105 Å². The molecule has 3 aromatic carbocycles. The van der Waals surface area contributed by atoms with E-state index < -0.39 is 26.5 Å². The molecule has 0 aromatic heterocycles. The molecule has 1 aliphatic rings. The maximum atomic E-state index is 14.1. The second-order valence-electron chi connectivity index (χ2n) is 6.62. The Morgan fingerprint density at radius 1 is 1.00 bits per heavy atom. The van der Waals surface area contributed by atoms with Gasteiger partial charge in [0.15, 0.2) is 4.91 Å². The number of sulfonamides is 1. The number of rotatable bonds is 4. The number of hydrogen-bond acceptors (Lipinski definition) is 4. The van der Waals surface area contributed by atoms with Crippen molar-refractivity contribution in [2.45, 2.75) is 6.54 Å². The summed E-state index contributed by atoms with van der Waals surface area (Å²) in [6, 6.07) is 20.0. The summed E-state index contributed by atoms with van der Waals surface area (Å²) in [6.07, 6.45) is 1.05. The first-order valence-electron chi connectivity index (χ1n) is 9.00. The molecule has 5 nitrogen and oxygen atoms in total. The standard InChI is InChI=1S/C22H16BrFN2O3S/c23-16-10-11-19(18(24)12-16)25-13-21-22(27)17-8-4-5-9-20(17)26(30(21,28)29)14-15-6-2-1-3-7-15/h1-13,25H,14H2/b21-13-. The van der Waals surface area contributed by atoms with Gasteiger partial charge in [-0.05, 0) is 35.9 Å². The monoisotopic (exact) mass is 486 g/mol. The van der Waals surface area contributed by atoms with Crippen LogP contribution in [0.2, 0.25) is 0 Å². The van der Waals surface area contributed by atoms with Crippen LogP contribution in [0, 0.1) is 5.82 Å². The van der Waals surface area contributed by atoms with Crippen LogP contribution in [-0.2, 0) is 16.6 Å². The number of anilines is 2. The summed E-state index contributed by atoms with van der Waals surface area (Å²) in [5, 5.41) is 2.63. The molecule has 30 heavy (non-hydrogen) atoms. The first-order valence-corrected chi connectivity index (χ1v) is 11.2. The highest BCUT2D eigenvalue weighted by Crippen LogP contribution is 2.36. The number of para-hydroxylation sites is 1. The molecule has 3 aromatic rings. The summed E-state index contributed by atoms with van der Waals surface area (Å²) in [7, 11) is -4.17. The van der Waals surface area contributed by atoms with Crippen molar-refractivity contribution >= 4 is 43.1 Å². The molecule has 0 saturated heterocycles. The van der Waals surface area contributed by atoms with Crippen molar-refractivity contribution in [2.75, 3.05) is 9.62 Å². The van der Waals surface area contributed by atoms with Crippen LogP contribution in [0.1, 0.15) is 15.9 Å². The largest absolute Gasteiger partial charge is 0.358 e. The SMILES string of the molecule is O=C1/C(=C/Nc2ccc(Br)cc2F)S(=O)(=O)N(Cc2ccccc2)c2ccccc21. The van der Waals surface area contributed by atoms with Gasteiger partial charge in [0, 0.05) is 16.2 Å². The van der Waals surface area contributed by atoms with Gasteiger partial charge in [-0.25, -0.2) is 12.8 Å². The second-order valence-corrected chi connectivity index (χ2v) is 9.37. The Morgan fingerprint density at radius 3 is 2.43 bits per heavy atom. The van der Waals surface area contributed by atoms with Gasteiger partial charge in [-0.2, -0.15) is 0 Å². The molecule has 0 amide bonds. The lowest BCUT2D eigenvalue weighted by atomic mass is 10.1. The number of carbonyl (C=O) groups is 1. The van der Waals surface area contributed by atoms with Gasteiger partial charge in [0.05, 0.1) is 17.9 Å². The Balaban J connectivity index is 1.78. The van der Waals surface area contributed by atoms with E-state index in [0.717, 1.165) is 11.8 Å². The van der Waals surface area contributed by atoms with E-state index in [2.05, 4.69) is 21.2 Å². The number of Topliss-reactive ketones (excluding diaryl/α,β-unsaturated/α-hetero) is 1. The fraction of sp³-hybridized carbons (Fsp3) is 0.0455. The highest BCUT2D eigenvalue weighted by Gasteiger charge is 2.40. The van der Waals surface area contributed by atoms with Crippen LogP contribution in [-0.4, -0.2) is 14.2 Å². The van der Waals surface area contributed by atoms with Gasteiger partial charge in [-0.1, -0.05) is 58.4 Å². The quantitative estimate of drug-likeness (QED) is 0.522. The molecule has 0 fully saturated rings. The van der Waals surface area contributed by atoms with E-state index in [1.807, 2.05) is 30.3 Å². The molecule has 1 heterocycles. The first-order chi connectivity index (χ1) is 14.4. The number of hydrogen-bond donors (Lipinski definition) is 1. The van der Waals surface area contributed by atoms with E-state index in [4.69, 9.17) is 0 Å². The lowest BCUT2D eigenvalue weighted by molar-refractivity contribution is 0.104. The van der Waals surface area contributed by atoms with Gasteiger partial charge >= 0.3 is 0 Å². The number of carbonyl (C=O) groups excluding carboxylic acids is 1. The van der Waals surface area contributed by atoms with Crippen molar-refractivity contribution in [3.63, 3.8) is 0 Å². The number of ketones is 1. The average Bonchev–Trinajstić information content (AvgIpc) is 2.73. The fourth-order valence-corrected chi connectivity index (χ4v) is 5.05. The molecule has 0 saturated carbocycles. The Morgan fingerprint density at radius 2 is 1.70 bits per heavy atom.